The molecule has 0 radical (unpaired) electrons. The summed E-state index contributed by atoms with van der Waals surface area (Å²) in [6.45, 7) is 6.62. The monoisotopic (exact) mass is 271 g/mol. The molecular weight excluding hydrogens is 246 g/mol. The number of hydrogen-bond donors (Lipinski definition) is 0. The van der Waals surface area contributed by atoms with Crippen LogP contribution in [0, 0.1) is 0 Å². The minimum Gasteiger partial charge on any atom is -0.464 e. The van der Waals surface area contributed by atoms with Gasteiger partial charge in [-0.25, -0.2) is 4.79 Å². The lowest BCUT2D eigenvalue weighted by atomic mass is 9.94. The van der Waals surface area contributed by atoms with Gasteiger partial charge in [0.05, 0.1) is 16.9 Å². The van der Waals surface area contributed by atoms with Crippen molar-refractivity contribution in [2.24, 2.45) is 4.99 Å². The third kappa shape index (κ3) is 4.30. The molecule has 0 saturated heterocycles. The Bertz CT molecular complexity index is 294. The summed E-state index contributed by atoms with van der Waals surface area (Å²) >= 11 is 1.68. The molecule has 2 unspecified atom stereocenters. The van der Waals surface area contributed by atoms with E-state index in [1.54, 1.807) is 11.8 Å². The zero-order chi connectivity index (χ0) is 13.4. The molecule has 0 aliphatic carbocycles. The molecular formula is C14H25NO2S. The predicted molar refractivity (Wildman–Crippen MR) is 78.3 cm³/mol. The number of esters is 1. The van der Waals surface area contributed by atoms with Gasteiger partial charge in [-0.15, -0.1) is 11.8 Å². The molecule has 0 spiro atoms. The minimum absolute atomic E-state index is 0.0987. The van der Waals surface area contributed by atoms with E-state index < -0.39 is 0 Å². The third-order valence-electron chi connectivity index (χ3n) is 3.40. The van der Waals surface area contributed by atoms with Crippen molar-refractivity contribution in [3.63, 3.8) is 0 Å². The highest BCUT2D eigenvalue weighted by Gasteiger charge is 2.42. The molecule has 0 N–H and O–H groups in total. The number of aliphatic imine (C=N–C) groups is 1. The second-order valence-corrected chi connectivity index (χ2v) is 6.38. The molecule has 0 aromatic heterocycles. The first-order valence-corrected chi connectivity index (χ1v) is 7.88. The van der Waals surface area contributed by atoms with E-state index in [-0.39, 0.29) is 16.8 Å². The molecule has 4 heteroatoms. The Morgan fingerprint density at radius 1 is 1.33 bits per heavy atom. The van der Waals surface area contributed by atoms with E-state index in [1.807, 2.05) is 12.5 Å². The fourth-order valence-electron chi connectivity index (χ4n) is 2.24. The Labute approximate surface area is 115 Å². The van der Waals surface area contributed by atoms with Crippen molar-refractivity contribution in [3.8, 4) is 0 Å². The van der Waals surface area contributed by atoms with Gasteiger partial charge in [0.2, 0.25) is 0 Å². The summed E-state index contributed by atoms with van der Waals surface area (Å²) in [4.78, 5) is 16.1. The molecule has 0 fully saturated rings. The lowest BCUT2D eigenvalue weighted by Gasteiger charge is -2.27. The third-order valence-corrected chi connectivity index (χ3v) is 4.59. The Balaban J connectivity index is 2.39. The fourth-order valence-corrected chi connectivity index (χ4v) is 3.21. The Morgan fingerprint density at radius 2 is 2.06 bits per heavy atom. The first-order valence-electron chi connectivity index (χ1n) is 7.00. The molecule has 104 valence electrons. The molecule has 0 bridgehead atoms. The Hall–Kier alpha value is -0.510. The maximum atomic E-state index is 11.8. The molecule has 1 rings (SSSR count). The summed E-state index contributed by atoms with van der Waals surface area (Å²) in [6.07, 6.45) is 7.32. The van der Waals surface area contributed by atoms with Gasteiger partial charge in [-0.05, 0) is 20.3 Å². The van der Waals surface area contributed by atoms with E-state index in [0.29, 0.717) is 6.61 Å². The molecule has 2 atom stereocenters. The van der Waals surface area contributed by atoms with Crippen molar-refractivity contribution < 1.29 is 9.53 Å². The van der Waals surface area contributed by atoms with Crippen LogP contribution in [0.2, 0.25) is 0 Å². The number of rotatable bonds is 8. The van der Waals surface area contributed by atoms with Gasteiger partial charge in [0.1, 0.15) is 0 Å². The summed E-state index contributed by atoms with van der Waals surface area (Å²) in [5.41, 5.74) is 1.81. The smallest absolute Gasteiger partial charge is 0.332 e. The number of carbonyl (C=O) groups excluding carboxylic acids is 1. The van der Waals surface area contributed by atoms with Crippen LogP contribution in [-0.2, 0) is 9.53 Å². The number of nitrogens with zero attached hydrogens (tertiary/aromatic N) is 1. The Kier molecular flexibility index (Phi) is 6.76. The first kappa shape index (κ1) is 15.5. The van der Waals surface area contributed by atoms with Crippen molar-refractivity contribution >= 4 is 23.3 Å². The van der Waals surface area contributed by atoms with Crippen molar-refractivity contribution in [2.75, 3.05) is 6.61 Å². The van der Waals surface area contributed by atoms with Crippen molar-refractivity contribution in [2.45, 2.75) is 70.1 Å². The van der Waals surface area contributed by atoms with E-state index in [9.17, 15) is 4.79 Å². The maximum Gasteiger partial charge on any atom is 0.332 e. The van der Waals surface area contributed by atoms with Crippen LogP contribution >= 0.6 is 11.8 Å². The summed E-state index contributed by atoms with van der Waals surface area (Å²) in [5.74, 6) is -0.171. The summed E-state index contributed by atoms with van der Waals surface area (Å²) < 4.78 is 5.00. The van der Waals surface area contributed by atoms with Crippen LogP contribution in [0.1, 0.15) is 59.3 Å². The summed E-state index contributed by atoms with van der Waals surface area (Å²) in [6, 6.07) is -0.311. The standard InChI is InChI=1S/C14H25NO2S/c1-4-6-7-8-9-10-14(3)12(15-11-18-14)13(16)17-5-2/h11-12H,4-10H2,1-3H3. The second kappa shape index (κ2) is 7.82. The molecule has 18 heavy (non-hydrogen) atoms. The number of thioether (sulfide) groups is 1. The topological polar surface area (TPSA) is 38.7 Å². The molecule has 0 aromatic rings. The average Bonchev–Trinajstić information content (AvgIpc) is 2.72. The van der Waals surface area contributed by atoms with Crippen LogP contribution < -0.4 is 0 Å². The van der Waals surface area contributed by atoms with Gasteiger partial charge in [-0.2, -0.15) is 0 Å². The van der Waals surface area contributed by atoms with E-state index in [2.05, 4.69) is 18.8 Å². The fraction of sp³-hybridized carbons (Fsp3) is 0.857. The van der Waals surface area contributed by atoms with Crippen LogP contribution in [0.4, 0.5) is 0 Å². The normalized spacial score (nSPS) is 26.5. The lowest BCUT2D eigenvalue weighted by Crippen LogP contribution is -2.39. The minimum atomic E-state index is -0.311. The van der Waals surface area contributed by atoms with E-state index in [4.69, 9.17) is 4.74 Å². The maximum absolute atomic E-state index is 11.8. The number of carbonyl (C=O) groups is 1. The second-order valence-electron chi connectivity index (χ2n) is 5.00. The zero-order valence-corrected chi connectivity index (χ0v) is 12.6. The van der Waals surface area contributed by atoms with Gasteiger partial charge >= 0.3 is 5.97 Å². The molecule has 1 aliphatic heterocycles. The SMILES string of the molecule is CCCCCCCC1(C)SC=NC1C(=O)OCC. The zero-order valence-electron chi connectivity index (χ0n) is 11.8. The number of ether oxygens (including phenoxy) is 1. The van der Waals surface area contributed by atoms with Crippen LogP contribution in [0.5, 0.6) is 0 Å². The van der Waals surface area contributed by atoms with Gasteiger partial charge in [-0.1, -0.05) is 39.0 Å². The first-order chi connectivity index (χ1) is 8.64. The van der Waals surface area contributed by atoms with Crippen LogP contribution in [0.25, 0.3) is 0 Å². The van der Waals surface area contributed by atoms with Gasteiger partial charge in [0, 0.05) is 0 Å². The predicted octanol–water partition coefficient (Wildman–Crippen LogP) is 3.81. The van der Waals surface area contributed by atoms with Gasteiger partial charge < -0.3 is 4.74 Å². The van der Waals surface area contributed by atoms with Gasteiger partial charge in [0.25, 0.3) is 0 Å². The molecule has 1 aliphatic rings. The highest BCUT2D eigenvalue weighted by atomic mass is 32.2. The molecule has 3 nitrogen and oxygen atoms in total. The van der Waals surface area contributed by atoms with Crippen LogP contribution in [-0.4, -0.2) is 28.9 Å². The summed E-state index contributed by atoms with van der Waals surface area (Å²) in [5, 5.41) is 0. The quantitative estimate of drug-likeness (QED) is 0.497. The largest absolute Gasteiger partial charge is 0.464 e. The lowest BCUT2D eigenvalue weighted by molar-refractivity contribution is -0.145. The average molecular weight is 271 g/mol. The van der Waals surface area contributed by atoms with Crippen molar-refractivity contribution in [3.05, 3.63) is 0 Å². The molecule has 0 aromatic carbocycles. The highest BCUT2D eigenvalue weighted by Crippen LogP contribution is 2.39. The van der Waals surface area contributed by atoms with E-state index in [0.717, 1.165) is 6.42 Å². The van der Waals surface area contributed by atoms with E-state index >= 15 is 0 Å². The van der Waals surface area contributed by atoms with Crippen LogP contribution in [0.15, 0.2) is 4.99 Å². The van der Waals surface area contributed by atoms with Gasteiger partial charge in [0.15, 0.2) is 6.04 Å². The number of hydrogen-bond acceptors (Lipinski definition) is 4. The van der Waals surface area contributed by atoms with E-state index in [1.165, 1.54) is 32.1 Å². The van der Waals surface area contributed by atoms with Gasteiger partial charge in [-0.3, -0.25) is 4.99 Å². The van der Waals surface area contributed by atoms with Crippen molar-refractivity contribution in [1.29, 1.82) is 0 Å². The van der Waals surface area contributed by atoms with Crippen LogP contribution in [0.3, 0.4) is 0 Å². The summed E-state index contributed by atoms with van der Waals surface area (Å²) in [7, 11) is 0. The Morgan fingerprint density at radius 3 is 2.72 bits per heavy atom. The molecule has 0 amide bonds. The van der Waals surface area contributed by atoms with Crippen molar-refractivity contribution in [1.82, 2.24) is 0 Å². The molecule has 1 heterocycles. The molecule has 0 saturated carbocycles. The highest BCUT2D eigenvalue weighted by molar-refractivity contribution is 8.13. The number of unbranched alkanes of at least 4 members (excludes halogenated alkanes) is 4.